The predicted molar refractivity (Wildman–Crippen MR) is 108 cm³/mol. The van der Waals surface area contributed by atoms with Gasteiger partial charge in [-0.2, -0.15) is 0 Å². The highest BCUT2D eigenvalue weighted by molar-refractivity contribution is 6.39. The van der Waals surface area contributed by atoms with Gasteiger partial charge in [-0.3, -0.25) is 19.7 Å². The molecule has 0 spiro atoms. The van der Waals surface area contributed by atoms with Crippen molar-refractivity contribution in [2.45, 2.75) is 6.92 Å². The maximum atomic E-state index is 13.0. The molecule has 5 amide bonds. The van der Waals surface area contributed by atoms with E-state index in [0.29, 0.717) is 17.9 Å². The number of rotatable bonds is 7. The fourth-order valence-corrected chi connectivity index (χ4v) is 2.79. The number of ether oxygens (including phenoxy) is 2. The van der Waals surface area contributed by atoms with Gasteiger partial charge in [0.2, 0.25) is 0 Å². The second-order valence-corrected chi connectivity index (χ2v) is 6.18. The molecular weight excluding hydrogens is 390 g/mol. The van der Waals surface area contributed by atoms with Gasteiger partial charge in [-0.15, -0.1) is 0 Å². The van der Waals surface area contributed by atoms with Crippen molar-refractivity contribution >= 4 is 35.5 Å². The molecule has 2 aromatic carbocycles. The molecule has 9 heteroatoms. The van der Waals surface area contributed by atoms with Gasteiger partial charge >= 0.3 is 6.03 Å². The summed E-state index contributed by atoms with van der Waals surface area (Å²) in [5, 5.41) is 2.15. The van der Waals surface area contributed by atoms with Crippen LogP contribution < -0.4 is 25.4 Å². The maximum Gasteiger partial charge on any atom is 0.335 e. The highest BCUT2D eigenvalue weighted by Gasteiger charge is 2.37. The number of imide groups is 2. The van der Waals surface area contributed by atoms with Gasteiger partial charge in [-0.25, -0.2) is 9.69 Å². The highest BCUT2D eigenvalue weighted by Crippen LogP contribution is 2.26. The van der Waals surface area contributed by atoms with Crippen LogP contribution in [0.25, 0.3) is 6.08 Å². The molecule has 3 N–H and O–H groups in total. The molecule has 30 heavy (non-hydrogen) atoms. The molecule has 1 aliphatic rings. The highest BCUT2D eigenvalue weighted by atomic mass is 16.5. The molecule has 2 aromatic rings. The number of urea groups is 1. The van der Waals surface area contributed by atoms with Crippen LogP contribution in [0.5, 0.6) is 11.5 Å². The van der Waals surface area contributed by atoms with Crippen LogP contribution in [0, 0.1) is 0 Å². The summed E-state index contributed by atoms with van der Waals surface area (Å²) in [5.41, 5.74) is 5.48. The molecule has 0 atom stereocenters. The number of nitrogens with one attached hydrogen (secondary N) is 1. The molecular formula is C21H19N3O6. The number of nitrogens with zero attached hydrogens (tertiary/aromatic N) is 1. The van der Waals surface area contributed by atoms with E-state index in [1.54, 1.807) is 48.5 Å². The molecule has 3 rings (SSSR count). The van der Waals surface area contributed by atoms with Crippen molar-refractivity contribution in [3.05, 3.63) is 59.7 Å². The van der Waals surface area contributed by atoms with Crippen molar-refractivity contribution < 1.29 is 28.7 Å². The average Bonchev–Trinajstić information content (AvgIpc) is 2.71. The van der Waals surface area contributed by atoms with Gasteiger partial charge in [0, 0.05) is 5.56 Å². The quantitative estimate of drug-likeness (QED) is 0.528. The summed E-state index contributed by atoms with van der Waals surface area (Å²) < 4.78 is 10.7. The number of para-hydroxylation sites is 1. The van der Waals surface area contributed by atoms with Gasteiger partial charge in [-0.1, -0.05) is 18.2 Å². The van der Waals surface area contributed by atoms with E-state index < -0.39 is 23.8 Å². The molecule has 1 aliphatic heterocycles. The largest absolute Gasteiger partial charge is 0.494 e. The Bertz CT molecular complexity index is 1030. The number of amides is 5. The first-order chi connectivity index (χ1) is 14.4. The zero-order chi connectivity index (χ0) is 21.7. The first-order valence-electron chi connectivity index (χ1n) is 9.05. The molecule has 0 radical (unpaired) electrons. The standard InChI is InChI=1S/C21H19N3O6/c1-2-29-15-9-7-14(8-10-15)24-20(27)16(19(26)23-21(24)28)11-13-5-3-4-6-17(13)30-12-18(22)25/h3-11H,2,12H2,1H3,(H2,22,25)(H,23,26,28)/b16-11+. The Morgan fingerprint density at radius 2 is 1.77 bits per heavy atom. The maximum absolute atomic E-state index is 13.0. The number of carbonyl (C=O) groups is 4. The van der Waals surface area contributed by atoms with Gasteiger partial charge < -0.3 is 15.2 Å². The number of anilines is 1. The van der Waals surface area contributed by atoms with Crippen LogP contribution in [0.2, 0.25) is 0 Å². The lowest BCUT2D eigenvalue weighted by atomic mass is 10.1. The van der Waals surface area contributed by atoms with Crippen LogP contribution >= 0.6 is 0 Å². The number of barbiturate groups is 1. The van der Waals surface area contributed by atoms with E-state index >= 15 is 0 Å². The van der Waals surface area contributed by atoms with Crippen molar-refractivity contribution in [1.29, 1.82) is 0 Å². The third-order valence-electron chi connectivity index (χ3n) is 4.10. The summed E-state index contributed by atoms with van der Waals surface area (Å²) in [6.45, 7) is 1.95. The van der Waals surface area contributed by atoms with Gasteiger partial charge in [-0.05, 0) is 43.3 Å². The fraction of sp³-hybridized carbons (Fsp3) is 0.143. The number of hydrogen-bond donors (Lipinski definition) is 2. The topological polar surface area (TPSA) is 128 Å². The Balaban J connectivity index is 1.94. The smallest absolute Gasteiger partial charge is 0.335 e. The molecule has 9 nitrogen and oxygen atoms in total. The number of benzene rings is 2. The van der Waals surface area contributed by atoms with Crippen molar-refractivity contribution in [2.75, 3.05) is 18.1 Å². The Hall–Kier alpha value is -4.14. The molecule has 1 saturated heterocycles. The molecule has 0 saturated carbocycles. The minimum absolute atomic E-state index is 0.258. The second kappa shape index (κ2) is 8.91. The van der Waals surface area contributed by atoms with Crippen molar-refractivity contribution in [2.24, 2.45) is 5.73 Å². The molecule has 0 bridgehead atoms. The Kier molecular flexibility index (Phi) is 6.11. The zero-order valence-electron chi connectivity index (χ0n) is 16.1. The third kappa shape index (κ3) is 4.46. The van der Waals surface area contributed by atoms with E-state index in [2.05, 4.69) is 5.32 Å². The van der Waals surface area contributed by atoms with E-state index in [1.807, 2.05) is 6.92 Å². The molecule has 0 unspecified atom stereocenters. The predicted octanol–water partition coefficient (Wildman–Crippen LogP) is 1.62. The van der Waals surface area contributed by atoms with E-state index in [4.69, 9.17) is 15.2 Å². The molecule has 1 fully saturated rings. The summed E-state index contributed by atoms with van der Waals surface area (Å²) in [6.07, 6.45) is 1.29. The lowest BCUT2D eigenvalue weighted by Gasteiger charge is -2.26. The van der Waals surface area contributed by atoms with Crippen LogP contribution in [0.1, 0.15) is 12.5 Å². The molecule has 0 aromatic heterocycles. The van der Waals surface area contributed by atoms with Crippen LogP contribution in [0.15, 0.2) is 54.1 Å². The lowest BCUT2D eigenvalue weighted by molar-refractivity contribution is -0.123. The zero-order valence-corrected chi connectivity index (χ0v) is 16.1. The van der Waals surface area contributed by atoms with E-state index in [1.165, 1.54) is 6.08 Å². The van der Waals surface area contributed by atoms with Gasteiger partial charge in [0.1, 0.15) is 17.1 Å². The van der Waals surface area contributed by atoms with Crippen molar-refractivity contribution in [1.82, 2.24) is 5.32 Å². The average molecular weight is 409 g/mol. The summed E-state index contributed by atoms with van der Waals surface area (Å²) >= 11 is 0. The van der Waals surface area contributed by atoms with Gasteiger partial charge in [0.25, 0.3) is 17.7 Å². The minimum Gasteiger partial charge on any atom is -0.494 e. The van der Waals surface area contributed by atoms with Gasteiger partial charge in [0.05, 0.1) is 12.3 Å². The number of hydrogen-bond acceptors (Lipinski definition) is 6. The van der Waals surface area contributed by atoms with Gasteiger partial charge in [0.15, 0.2) is 6.61 Å². The Labute approximate surface area is 172 Å². The number of carbonyl (C=O) groups excluding carboxylic acids is 4. The summed E-state index contributed by atoms with van der Waals surface area (Å²) in [4.78, 5) is 49.5. The minimum atomic E-state index is -0.857. The summed E-state index contributed by atoms with van der Waals surface area (Å²) in [5.74, 6) is -1.46. The SMILES string of the molecule is CCOc1ccc(N2C(=O)NC(=O)/C(=C\c3ccccc3OCC(N)=O)C2=O)cc1. The lowest BCUT2D eigenvalue weighted by Crippen LogP contribution is -2.54. The number of primary amides is 1. The monoisotopic (exact) mass is 409 g/mol. The summed E-state index contributed by atoms with van der Waals surface area (Å²) in [7, 11) is 0. The van der Waals surface area contributed by atoms with E-state index in [0.717, 1.165) is 4.90 Å². The summed E-state index contributed by atoms with van der Waals surface area (Å²) in [6, 6.07) is 12.0. The number of nitrogens with two attached hydrogens (primary N) is 1. The molecule has 0 aliphatic carbocycles. The first-order valence-corrected chi connectivity index (χ1v) is 9.05. The normalized spacial score (nSPS) is 15.2. The third-order valence-corrected chi connectivity index (χ3v) is 4.10. The van der Waals surface area contributed by atoms with Crippen molar-refractivity contribution in [3.63, 3.8) is 0 Å². The van der Waals surface area contributed by atoms with E-state index in [-0.39, 0.29) is 23.6 Å². The van der Waals surface area contributed by atoms with Crippen LogP contribution in [-0.2, 0) is 14.4 Å². The second-order valence-electron chi connectivity index (χ2n) is 6.18. The first kappa shape index (κ1) is 20.6. The molecule has 1 heterocycles. The van der Waals surface area contributed by atoms with Crippen molar-refractivity contribution in [3.8, 4) is 11.5 Å². The van der Waals surface area contributed by atoms with Crippen LogP contribution in [0.3, 0.4) is 0 Å². The van der Waals surface area contributed by atoms with E-state index in [9.17, 15) is 19.2 Å². The Morgan fingerprint density at radius 3 is 2.43 bits per heavy atom. The van der Waals surface area contributed by atoms with Crippen LogP contribution in [0.4, 0.5) is 10.5 Å². The van der Waals surface area contributed by atoms with Crippen LogP contribution in [-0.4, -0.2) is 37.0 Å². The fourth-order valence-electron chi connectivity index (χ4n) is 2.79. The molecule has 154 valence electrons. The Morgan fingerprint density at radius 1 is 1.07 bits per heavy atom.